The Morgan fingerprint density at radius 2 is 1.88 bits per heavy atom. The van der Waals surface area contributed by atoms with Gasteiger partial charge in [-0.2, -0.15) is 0 Å². The van der Waals surface area contributed by atoms with Crippen molar-refractivity contribution in [3.05, 3.63) is 88.0 Å². The van der Waals surface area contributed by atoms with E-state index >= 15 is 0 Å². The van der Waals surface area contributed by atoms with Gasteiger partial charge in [-0.3, -0.25) is 14.9 Å². The van der Waals surface area contributed by atoms with Gasteiger partial charge >= 0.3 is 0 Å². The highest BCUT2D eigenvalue weighted by molar-refractivity contribution is 6.06. The van der Waals surface area contributed by atoms with Gasteiger partial charge in [0.05, 0.1) is 29.5 Å². The second-order valence-electron chi connectivity index (χ2n) is 7.45. The zero-order valence-electron chi connectivity index (χ0n) is 18.0. The third-order valence-corrected chi connectivity index (χ3v) is 4.98. The number of ether oxygens (including phenoxy) is 2. The lowest BCUT2D eigenvalue weighted by molar-refractivity contribution is -0.384. The molecule has 1 aliphatic heterocycles. The van der Waals surface area contributed by atoms with Crippen molar-refractivity contribution in [1.29, 1.82) is 0 Å². The van der Waals surface area contributed by atoms with Gasteiger partial charge in [0.2, 0.25) is 6.10 Å². The third kappa shape index (κ3) is 5.27. The van der Waals surface area contributed by atoms with Crippen LogP contribution >= 0.6 is 0 Å². The summed E-state index contributed by atoms with van der Waals surface area (Å²) in [7, 11) is 1.58. The SMILES string of the molecule is COc1ccc(C2=NOC(C(=O)Nc3cc(Oc4cccc(C)c4)cc([N+](=O)[O-])c3)C2)cc1. The number of anilines is 1. The number of nitro benzene ring substituents is 1. The Hall–Kier alpha value is -4.40. The maximum absolute atomic E-state index is 12.7. The van der Waals surface area contributed by atoms with Crippen LogP contribution in [-0.4, -0.2) is 29.8 Å². The number of rotatable bonds is 7. The number of aryl methyl sites for hydroxylation is 1. The highest BCUT2D eigenvalue weighted by atomic mass is 16.6. The summed E-state index contributed by atoms with van der Waals surface area (Å²) in [6.45, 7) is 1.91. The third-order valence-electron chi connectivity index (χ3n) is 4.98. The number of oxime groups is 1. The van der Waals surface area contributed by atoms with Gasteiger partial charge in [-0.05, 0) is 54.4 Å². The number of hydrogen-bond acceptors (Lipinski definition) is 7. The number of benzene rings is 3. The minimum Gasteiger partial charge on any atom is -0.497 e. The molecule has 0 bridgehead atoms. The second-order valence-corrected chi connectivity index (χ2v) is 7.45. The number of carbonyl (C=O) groups excluding carboxylic acids is 1. The molecule has 0 fully saturated rings. The number of nitro groups is 1. The van der Waals surface area contributed by atoms with Gasteiger partial charge in [0.15, 0.2) is 0 Å². The second kappa shape index (κ2) is 9.39. The fourth-order valence-electron chi connectivity index (χ4n) is 3.33. The molecule has 1 heterocycles. The molecular weight excluding hydrogens is 426 g/mol. The average molecular weight is 447 g/mol. The molecule has 0 aromatic heterocycles. The summed E-state index contributed by atoms with van der Waals surface area (Å²) in [5, 5.41) is 18.1. The molecule has 1 N–H and O–H groups in total. The largest absolute Gasteiger partial charge is 0.497 e. The van der Waals surface area contributed by atoms with E-state index in [1.54, 1.807) is 25.3 Å². The molecule has 0 saturated heterocycles. The Bertz CT molecular complexity index is 1220. The van der Waals surface area contributed by atoms with Crippen molar-refractivity contribution in [2.24, 2.45) is 5.16 Å². The quantitative estimate of drug-likeness (QED) is 0.410. The molecule has 9 heteroatoms. The first-order valence-electron chi connectivity index (χ1n) is 10.1. The molecule has 1 amide bonds. The zero-order valence-corrected chi connectivity index (χ0v) is 18.0. The Morgan fingerprint density at radius 3 is 2.58 bits per heavy atom. The van der Waals surface area contributed by atoms with E-state index in [2.05, 4.69) is 10.5 Å². The van der Waals surface area contributed by atoms with Crippen molar-refractivity contribution >= 4 is 23.0 Å². The predicted molar refractivity (Wildman–Crippen MR) is 122 cm³/mol. The maximum Gasteiger partial charge on any atom is 0.275 e. The molecule has 3 aromatic carbocycles. The molecular formula is C24H21N3O6. The smallest absolute Gasteiger partial charge is 0.275 e. The summed E-state index contributed by atoms with van der Waals surface area (Å²) >= 11 is 0. The lowest BCUT2D eigenvalue weighted by Crippen LogP contribution is -2.28. The molecule has 1 unspecified atom stereocenters. The van der Waals surface area contributed by atoms with Crippen LogP contribution in [0.5, 0.6) is 17.2 Å². The van der Waals surface area contributed by atoms with Gasteiger partial charge in [-0.15, -0.1) is 0 Å². The Labute approximate surface area is 189 Å². The van der Waals surface area contributed by atoms with Gasteiger partial charge < -0.3 is 19.6 Å². The normalized spacial score (nSPS) is 14.7. The lowest BCUT2D eigenvalue weighted by Gasteiger charge is -2.12. The van der Waals surface area contributed by atoms with Gasteiger partial charge in [-0.25, -0.2) is 0 Å². The fourth-order valence-corrected chi connectivity index (χ4v) is 3.33. The number of nitrogens with one attached hydrogen (secondary N) is 1. The van der Waals surface area contributed by atoms with Crippen LogP contribution < -0.4 is 14.8 Å². The van der Waals surface area contributed by atoms with Crippen LogP contribution in [0.2, 0.25) is 0 Å². The van der Waals surface area contributed by atoms with Gasteiger partial charge in [-0.1, -0.05) is 17.3 Å². The van der Waals surface area contributed by atoms with Crippen molar-refractivity contribution < 1.29 is 24.0 Å². The van der Waals surface area contributed by atoms with Crippen molar-refractivity contribution in [2.75, 3.05) is 12.4 Å². The number of methoxy groups -OCH3 is 1. The zero-order chi connectivity index (χ0) is 23.4. The van der Waals surface area contributed by atoms with E-state index < -0.39 is 16.9 Å². The average Bonchev–Trinajstić information content (AvgIpc) is 3.29. The van der Waals surface area contributed by atoms with Crippen LogP contribution in [0.1, 0.15) is 17.5 Å². The Kier molecular flexibility index (Phi) is 6.21. The number of hydrogen-bond donors (Lipinski definition) is 1. The minimum atomic E-state index is -0.859. The number of nitrogens with zero attached hydrogens (tertiary/aromatic N) is 2. The standard InChI is InChI=1S/C24H21N3O6/c1-15-4-3-5-20(10-15)32-21-12-17(11-18(13-21)27(29)30)25-24(28)23-14-22(26-33-23)16-6-8-19(31-2)9-7-16/h3-13,23H,14H2,1-2H3,(H,25,28). The monoisotopic (exact) mass is 447 g/mol. The number of carbonyl (C=O) groups is 1. The lowest BCUT2D eigenvalue weighted by atomic mass is 10.0. The predicted octanol–water partition coefficient (Wildman–Crippen LogP) is 4.84. The molecule has 1 atom stereocenters. The first kappa shape index (κ1) is 21.8. The molecule has 0 spiro atoms. The highest BCUT2D eigenvalue weighted by Crippen LogP contribution is 2.30. The summed E-state index contributed by atoms with van der Waals surface area (Å²) in [6, 6.07) is 18.6. The van der Waals surface area contributed by atoms with Gasteiger partial charge in [0.1, 0.15) is 17.2 Å². The molecule has 9 nitrogen and oxygen atoms in total. The fraction of sp³-hybridized carbons (Fsp3) is 0.167. The van der Waals surface area contributed by atoms with Crippen LogP contribution in [0, 0.1) is 17.0 Å². The molecule has 3 aromatic rings. The van der Waals surface area contributed by atoms with E-state index in [9.17, 15) is 14.9 Å². The first-order chi connectivity index (χ1) is 15.9. The molecule has 4 rings (SSSR count). The number of amides is 1. The number of non-ortho nitro benzene ring substituents is 1. The van der Waals surface area contributed by atoms with Gasteiger partial charge in [0, 0.05) is 18.6 Å². The van der Waals surface area contributed by atoms with Crippen LogP contribution in [0.15, 0.2) is 71.9 Å². The van der Waals surface area contributed by atoms with E-state index in [1.165, 1.54) is 18.2 Å². The van der Waals surface area contributed by atoms with Crippen LogP contribution in [0.3, 0.4) is 0 Å². The van der Waals surface area contributed by atoms with E-state index in [0.29, 0.717) is 17.2 Å². The topological polar surface area (TPSA) is 112 Å². The van der Waals surface area contributed by atoms with E-state index in [1.807, 2.05) is 37.3 Å². The minimum absolute atomic E-state index is 0.210. The summed E-state index contributed by atoms with van der Waals surface area (Å²) in [5.41, 5.74) is 2.43. The summed E-state index contributed by atoms with van der Waals surface area (Å²) in [5.74, 6) is 1.00. The maximum atomic E-state index is 12.7. The molecule has 0 aliphatic carbocycles. The van der Waals surface area contributed by atoms with Crippen LogP contribution in [-0.2, 0) is 9.63 Å². The molecule has 0 saturated carbocycles. The molecule has 1 aliphatic rings. The van der Waals surface area contributed by atoms with Crippen molar-refractivity contribution in [1.82, 2.24) is 0 Å². The van der Waals surface area contributed by atoms with Crippen molar-refractivity contribution in [3.63, 3.8) is 0 Å². The summed E-state index contributed by atoms with van der Waals surface area (Å²) in [4.78, 5) is 28.9. The van der Waals surface area contributed by atoms with E-state index in [0.717, 1.165) is 11.1 Å². The Balaban J connectivity index is 1.47. The summed E-state index contributed by atoms with van der Waals surface area (Å²) < 4.78 is 10.9. The summed E-state index contributed by atoms with van der Waals surface area (Å²) in [6.07, 6.45) is -0.595. The molecule has 168 valence electrons. The Morgan fingerprint density at radius 1 is 1.09 bits per heavy atom. The molecule has 33 heavy (non-hydrogen) atoms. The van der Waals surface area contributed by atoms with Crippen molar-refractivity contribution in [2.45, 2.75) is 19.4 Å². The first-order valence-corrected chi connectivity index (χ1v) is 10.1. The van der Waals surface area contributed by atoms with Gasteiger partial charge in [0.25, 0.3) is 11.6 Å². The van der Waals surface area contributed by atoms with Crippen molar-refractivity contribution in [3.8, 4) is 17.2 Å². The molecule has 0 radical (unpaired) electrons. The van der Waals surface area contributed by atoms with E-state index in [-0.39, 0.29) is 23.5 Å². The highest BCUT2D eigenvalue weighted by Gasteiger charge is 2.29. The van der Waals surface area contributed by atoms with E-state index in [4.69, 9.17) is 14.3 Å². The van der Waals surface area contributed by atoms with Crippen LogP contribution in [0.25, 0.3) is 0 Å². The van der Waals surface area contributed by atoms with Crippen LogP contribution in [0.4, 0.5) is 11.4 Å².